The number of amides is 1. The molecular formula is C18H20N4O3. The molecule has 1 fully saturated rings. The molecule has 1 saturated carbocycles. The molecule has 2 N–H and O–H groups in total. The quantitative estimate of drug-likeness (QED) is 0.720. The van der Waals surface area contributed by atoms with Crippen molar-refractivity contribution < 1.29 is 14.1 Å². The molecule has 3 aromatic rings. The summed E-state index contributed by atoms with van der Waals surface area (Å²) >= 11 is 0. The van der Waals surface area contributed by atoms with Crippen molar-refractivity contribution in [3.63, 3.8) is 0 Å². The number of benzene rings is 1. The number of nitrogens with one attached hydrogen (secondary N) is 2. The van der Waals surface area contributed by atoms with Crippen molar-refractivity contribution in [2.24, 2.45) is 5.41 Å². The number of aryl methyl sites for hydroxylation is 1. The Labute approximate surface area is 144 Å². The van der Waals surface area contributed by atoms with Crippen LogP contribution in [0.2, 0.25) is 0 Å². The minimum Gasteiger partial charge on any atom is -0.484 e. The van der Waals surface area contributed by atoms with Crippen LogP contribution >= 0.6 is 0 Å². The third-order valence-electron chi connectivity index (χ3n) is 4.57. The lowest BCUT2D eigenvalue weighted by Gasteiger charge is -2.08. The molecule has 0 spiro atoms. The van der Waals surface area contributed by atoms with Gasteiger partial charge in [0.1, 0.15) is 5.75 Å². The first-order chi connectivity index (χ1) is 12.0. The van der Waals surface area contributed by atoms with Crippen LogP contribution in [0.25, 0.3) is 10.9 Å². The number of hydrogen-bond donors (Lipinski definition) is 2. The van der Waals surface area contributed by atoms with Gasteiger partial charge in [0.2, 0.25) is 5.91 Å². The Morgan fingerprint density at radius 1 is 1.40 bits per heavy atom. The zero-order chi connectivity index (χ0) is 17.4. The second-order valence-corrected chi connectivity index (χ2v) is 6.81. The van der Waals surface area contributed by atoms with Crippen LogP contribution < -0.4 is 10.1 Å². The lowest BCUT2D eigenvalue weighted by atomic mass is 10.1. The SMILES string of the molecule is Cc1noc(COc2ccc3cc(CNC(=O)C4(C)CC4)[nH]c3c2)n1. The Morgan fingerprint density at radius 3 is 2.96 bits per heavy atom. The second kappa shape index (κ2) is 5.91. The molecule has 7 nitrogen and oxygen atoms in total. The van der Waals surface area contributed by atoms with Gasteiger partial charge in [-0.1, -0.05) is 12.1 Å². The van der Waals surface area contributed by atoms with Gasteiger partial charge < -0.3 is 19.6 Å². The molecule has 0 atom stereocenters. The standard InChI is InChI=1S/C18H20N4O3/c1-11-20-16(25-22-11)10-24-14-4-3-12-7-13(21-15(12)8-14)9-19-17(23)18(2)5-6-18/h3-4,7-8,21H,5-6,9-10H2,1-2H3,(H,19,23). The van der Waals surface area contributed by atoms with E-state index >= 15 is 0 Å². The van der Waals surface area contributed by atoms with Crippen LogP contribution in [0, 0.1) is 12.3 Å². The zero-order valence-electron chi connectivity index (χ0n) is 14.3. The number of nitrogens with zero attached hydrogens (tertiary/aromatic N) is 2. The summed E-state index contributed by atoms with van der Waals surface area (Å²) in [5.74, 6) is 1.88. The molecule has 4 rings (SSSR count). The van der Waals surface area contributed by atoms with E-state index in [1.165, 1.54) is 0 Å². The molecule has 1 aliphatic rings. The van der Waals surface area contributed by atoms with Crippen molar-refractivity contribution in [2.75, 3.05) is 0 Å². The Morgan fingerprint density at radius 2 is 2.24 bits per heavy atom. The Hall–Kier alpha value is -2.83. The van der Waals surface area contributed by atoms with Gasteiger partial charge in [0.25, 0.3) is 5.89 Å². The van der Waals surface area contributed by atoms with Crippen molar-refractivity contribution in [3.05, 3.63) is 41.7 Å². The van der Waals surface area contributed by atoms with Crippen molar-refractivity contribution >= 4 is 16.8 Å². The summed E-state index contributed by atoms with van der Waals surface area (Å²) in [4.78, 5) is 19.5. The van der Waals surface area contributed by atoms with E-state index in [0.29, 0.717) is 24.0 Å². The van der Waals surface area contributed by atoms with E-state index in [-0.39, 0.29) is 17.9 Å². The number of hydrogen-bond acceptors (Lipinski definition) is 5. The highest BCUT2D eigenvalue weighted by molar-refractivity contribution is 5.85. The second-order valence-electron chi connectivity index (χ2n) is 6.81. The number of ether oxygens (including phenoxy) is 1. The van der Waals surface area contributed by atoms with E-state index < -0.39 is 0 Å². The molecule has 0 bridgehead atoms. The molecule has 0 saturated heterocycles. The van der Waals surface area contributed by atoms with Crippen molar-refractivity contribution in [1.29, 1.82) is 0 Å². The van der Waals surface area contributed by atoms with Gasteiger partial charge in [-0.2, -0.15) is 4.98 Å². The highest BCUT2D eigenvalue weighted by atomic mass is 16.5. The third kappa shape index (κ3) is 3.35. The van der Waals surface area contributed by atoms with E-state index in [4.69, 9.17) is 9.26 Å². The lowest BCUT2D eigenvalue weighted by Crippen LogP contribution is -2.29. The van der Waals surface area contributed by atoms with Crippen LogP contribution in [0.3, 0.4) is 0 Å². The van der Waals surface area contributed by atoms with E-state index in [1.54, 1.807) is 6.92 Å². The van der Waals surface area contributed by atoms with Gasteiger partial charge in [0, 0.05) is 22.7 Å². The number of carbonyl (C=O) groups excluding carboxylic acids is 1. The first-order valence-corrected chi connectivity index (χ1v) is 8.34. The number of rotatable bonds is 6. The van der Waals surface area contributed by atoms with Crippen LogP contribution in [-0.2, 0) is 17.9 Å². The average Bonchev–Trinajstić information content (AvgIpc) is 3.04. The maximum Gasteiger partial charge on any atom is 0.264 e. The number of H-pyrrole nitrogens is 1. The van der Waals surface area contributed by atoms with Crippen molar-refractivity contribution in [3.8, 4) is 5.75 Å². The number of carbonyl (C=O) groups is 1. The first kappa shape index (κ1) is 15.7. The number of aromatic amines is 1. The van der Waals surface area contributed by atoms with Crippen LogP contribution in [0.15, 0.2) is 28.8 Å². The van der Waals surface area contributed by atoms with Crippen molar-refractivity contribution in [1.82, 2.24) is 20.4 Å². The molecule has 1 amide bonds. The minimum atomic E-state index is -0.153. The molecule has 2 aromatic heterocycles. The summed E-state index contributed by atoms with van der Waals surface area (Å²) in [5.41, 5.74) is 1.78. The van der Waals surface area contributed by atoms with E-state index in [2.05, 4.69) is 20.4 Å². The predicted molar refractivity (Wildman–Crippen MR) is 90.9 cm³/mol. The Kier molecular flexibility index (Phi) is 3.71. The smallest absolute Gasteiger partial charge is 0.264 e. The zero-order valence-corrected chi connectivity index (χ0v) is 14.3. The molecule has 0 radical (unpaired) electrons. The summed E-state index contributed by atoms with van der Waals surface area (Å²) < 4.78 is 10.7. The van der Waals surface area contributed by atoms with Crippen LogP contribution in [0.5, 0.6) is 5.75 Å². The van der Waals surface area contributed by atoms with Gasteiger partial charge in [-0.15, -0.1) is 0 Å². The Balaban J connectivity index is 1.41. The van der Waals surface area contributed by atoms with Gasteiger partial charge in [-0.25, -0.2) is 0 Å². The number of aromatic nitrogens is 3. The highest BCUT2D eigenvalue weighted by Crippen LogP contribution is 2.45. The molecule has 25 heavy (non-hydrogen) atoms. The fourth-order valence-electron chi connectivity index (χ4n) is 2.70. The number of fused-ring (bicyclic) bond motifs is 1. The normalized spacial score (nSPS) is 15.3. The van der Waals surface area contributed by atoms with Crippen molar-refractivity contribution in [2.45, 2.75) is 39.8 Å². The van der Waals surface area contributed by atoms with Gasteiger partial charge in [-0.05, 0) is 43.4 Å². The maximum atomic E-state index is 12.0. The van der Waals surface area contributed by atoms with Gasteiger partial charge in [0.05, 0.1) is 6.54 Å². The monoisotopic (exact) mass is 340 g/mol. The van der Waals surface area contributed by atoms with Gasteiger partial charge >= 0.3 is 0 Å². The summed E-state index contributed by atoms with van der Waals surface area (Å²) in [5, 5.41) is 7.80. The molecule has 0 aliphatic heterocycles. The largest absolute Gasteiger partial charge is 0.484 e. The Bertz CT molecular complexity index is 923. The molecular weight excluding hydrogens is 320 g/mol. The summed E-state index contributed by atoms with van der Waals surface area (Å²) in [6, 6.07) is 7.84. The average molecular weight is 340 g/mol. The molecule has 130 valence electrons. The van der Waals surface area contributed by atoms with Crippen LogP contribution in [-0.4, -0.2) is 21.0 Å². The van der Waals surface area contributed by atoms with Gasteiger partial charge in [0.15, 0.2) is 12.4 Å². The maximum absolute atomic E-state index is 12.0. The van der Waals surface area contributed by atoms with E-state index in [1.807, 2.05) is 31.2 Å². The lowest BCUT2D eigenvalue weighted by molar-refractivity contribution is -0.125. The van der Waals surface area contributed by atoms with Crippen LogP contribution in [0.1, 0.15) is 37.2 Å². The predicted octanol–water partition coefficient (Wildman–Crippen LogP) is 2.85. The van der Waals surface area contributed by atoms with Gasteiger partial charge in [-0.3, -0.25) is 4.79 Å². The summed E-state index contributed by atoms with van der Waals surface area (Å²) in [7, 11) is 0. The van der Waals surface area contributed by atoms with Crippen LogP contribution in [0.4, 0.5) is 0 Å². The fraction of sp³-hybridized carbons (Fsp3) is 0.389. The van der Waals surface area contributed by atoms with E-state index in [9.17, 15) is 4.79 Å². The van der Waals surface area contributed by atoms with E-state index in [0.717, 1.165) is 29.4 Å². The third-order valence-corrected chi connectivity index (χ3v) is 4.57. The molecule has 1 aliphatic carbocycles. The molecule has 1 aromatic carbocycles. The fourth-order valence-corrected chi connectivity index (χ4v) is 2.70. The summed E-state index contributed by atoms with van der Waals surface area (Å²) in [6.07, 6.45) is 1.96. The molecule has 2 heterocycles. The highest BCUT2D eigenvalue weighted by Gasteiger charge is 2.44. The summed E-state index contributed by atoms with van der Waals surface area (Å²) in [6.45, 7) is 4.50. The first-order valence-electron chi connectivity index (χ1n) is 8.34. The molecule has 7 heteroatoms. The molecule has 0 unspecified atom stereocenters. The minimum absolute atomic E-state index is 0.130. The topological polar surface area (TPSA) is 93.0 Å².